The first-order chi connectivity index (χ1) is 14.7. The third-order valence-corrected chi connectivity index (χ3v) is 6.49. The normalized spacial score (nSPS) is 24.1. The van der Waals surface area contributed by atoms with E-state index < -0.39 is 0 Å². The van der Waals surface area contributed by atoms with Crippen molar-refractivity contribution in [2.45, 2.75) is 38.3 Å². The van der Waals surface area contributed by atoms with Gasteiger partial charge in [-0.15, -0.1) is 0 Å². The topological polar surface area (TPSA) is 74.4 Å². The minimum Gasteiger partial charge on any atom is -0.454 e. The van der Waals surface area contributed by atoms with Gasteiger partial charge in [0.25, 0.3) is 0 Å². The largest absolute Gasteiger partial charge is 0.454 e. The summed E-state index contributed by atoms with van der Waals surface area (Å²) < 4.78 is 10.8. The Balaban J connectivity index is 1.10. The summed E-state index contributed by atoms with van der Waals surface area (Å²) in [6, 6.07) is 6.44. The van der Waals surface area contributed by atoms with Crippen molar-refractivity contribution in [3.05, 3.63) is 23.8 Å². The minimum atomic E-state index is -0.0656. The summed E-state index contributed by atoms with van der Waals surface area (Å²) in [7, 11) is 0. The molecule has 3 amide bonds. The summed E-state index contributed by atoms with van der Waals surface area (Å²) in [6.07, 6.45) is 3.94. The third kappa shape index (κ3) is 4.33. The van der Waals surface area contributed by atoms with E-state index in [1.54, 1.807) is 0 Å². The average Bonchev–Trinajstić information content (AvgIpc) is 3.47. The second-order valence-corrected chi connectivity index (χ2v) is 8.80. The van der Waals surface area contributed by atoms with Crippen molar-refractivity contribution in [2.75, 3.05) is 46.1 Å². The number of likely N-dealkylation sites (tertiary alicyclic amines) is 1. The van der Waals surface area contributed by atoms with Crippen molar-refractivity contribution in [1.29, 1.82) is 0 Å². The number of nitrogens with zero attached hydrogens (tertiary/aromatic N) is 3. The zero-order valence-corrected chi connectivity index (χ0v) is 17.3. The summed E-state index contributed by atoms with van der Waals surface area (Å²) in [4.78, 5) is 31.6. The van der Waals surface area contributed by atoms with Crippen molar-refractivity contribution < 1.29 is 19.1 Å². The fourth-order valence-corrected chi connectivity index (χ4v) is 4.54. The number of rotatable bonds is 4. The van der Waals surface area contributed by atoms with E-state index in [0.29, 0.717) is 19.4 Å². The molecule has 8 nitrogen and oxygen atoms in total. The van der Waals surface area contributed by atoms with Gasteiger partial charge in [-0.1, -0.05) is 6.07 Å². The van der Waals surface area contributed by atoms with E-state index in [0.717, 1.165) is 76.5 Å². The van der Waals surface area contributed by atoms with Gasteiger partial charge in [-0.05, 0) is 43.4 Å². The number of hydrogen-bond donors (Lipinski definition) is 1. The van der Waals surface area contributed by atoms with Crippen LogP contribution in [0.5, 0.6) is 11.5 Å². The molecule has 3 heterocycles. The average molecular weight is 415 g/mol. The third-order valence-electron chi connectivity index (χ3n) is 6.49. The van der Waals surface area contributed by atoms with Crippen LogP contribution in [0.1, 0.15) is 31.2 Å². The summed E-state index contributed by atoms with van der Waals surface area (Å²) in [6.45, 7) is 5.65. The maximum absolute atomic E-state index is 13.1. The van der Waals surface area contributed by atoms with Gasteiger partial charge in [-0.2, -0.15) is 0 Å². The number of piperidine rings is 1. The number of carbonyl (C=O) groups is 2. The highest BCUT2D eigenvalue weighted by Crippen LogP contribution is 2.33. The fraction of sp³-hybridized carbons (Fsp3) is 0.636. The Kier molecular flexibility index (Phi) is 5.41. The van der Waals surface area contributed by atoms with Gasteiger partial charge in [0.1, 0.15) is 0 Å². The van der Waals surface area contributed by atoms with Crippen LogP contribution in [0.25, 0.3) is 0 Å². The molecule has 0 spiro atoms. The number of carbonyl (C=O) groups excluding carboxylic acids is 2. The van der Waals surface area contributed by atoms with Crippen LogP contribution in [-0.2, 0) is 11.3 Å². The molecule has 0 bridgehead atoms. The Morgan fingerprint density at radius 2 is 1.77 bits per heavy atom. The molecule has 8 heteroatoms. The maximum Gasteiger partial charge on any atom is 0.317 e. The Morgan fingerprint density at radius 3 is 2.57 bits per heavy atom. The van der Waals surface area contributed by atoms with E-state index in [2.05, 4.69) is 16.3 Å². The highest BCUT2D eigenvalue weighted by molar-refractivity contribution is 5.81. The molecule has 2 saturated heterocycles. The van der Waals surface area contributed by atoms with Crippen LogP contribution in [0.4, 0.5) is 4.79 Å². The van der Waals surface area contributed by atoms with Gasteiger partial charge in [0.05, 0.1) is 5.92 Å². The van der Waals surface area contributed by atoms with Crippen molar-refractivity contribution in [3.8, 4) is 11.5 Å². The van der Waals surface area contributed by atoms with Crippen LogP contribution in [-0.4, -0.2) is 78.7 Å². The Morgan fingerprint density at radius 1 is 0.967 bits per heavy atom. The van der Waals surface area contributed by atoms with Crippen LogP contribution >= 0.6 is 0 Å². The molecule has 0 aromatic heterocycles. The van der Waals surface area contributed by atoms with Crippen LogP contribution in [0.15, 0.2) is 18.2 Å². The van der Waals surface area contributed by atoms with Gasteiger partial charge in [0.15, 0.2) is 11.5 Å². The van der Waals surface area contributed by atoms with Gasteiger partial charge in [0, 0.05) is 51.9 Å². The van der Waals surface area contributed by atoms with Gasteiger partial charge in [-0.25, -0.2) is 4.79 Å². The van der Waals surface area contributed by atoms with E-state index in [4.69, 9.17) is 9.47 Å². The number of amides is 3. The van der Waals surface area contributed by atoms with Gasteiger partial charge < -0.3 is 24.6 Å². The zero-order valence-electron chi connectivity index (χ0n) is 17.3. The van der Waals surface area contributed by atoms with Crippen LogP contribution in [0.2, 0.25) is 0 Å². The predicted octanol–water partition coefficient (Wildman–Crippen LogP) is 1.64. The van der Waals surface area contributed by atoms with Gasteiger partial charge in [-0.3, -0.25) is 9.69 Å². The van der Waals surface area contributed by atoms with E-state index in [-0.39, 0.29) is 17.9 Å². The second-order valence-electron chi connectivity index (χ2n) is 8.80. The Bertz CT molecular complexity index is 804. The molecule has 3 fully saturated rings. The van der Waals surface area contributed by atoms with Crippen LogP contribution in [0.3, 0.4) is 0 Å². The first-order valence-electron chi connectivity index (χ1n) is 11.1. The molecule has 1 aliphatic carbocycles. The van der Waals surface area contributed by atoms with E-state index in [1.807, 2.05) is 21.9 Å². The SMILES string of the molecule is O=C(NC1CC1)N1CCCC(C(=O)N2CCN(Cc3ccc4c(c3)OCO4)CC2)C1. The molecule has 3 aliphatic heterocycles. The van der Waals surface area contributed by atoms with Gasteiger partial charge in [0.2, 0.25) is 12.7 Å². The second kappa shape index (κ2) is 8.34. The predicted molar refractivity (Wildman–Crippen MR) is 110 cm³/mol. The number of benzene rings is 1. The minimum absolute atomic E-state index is 0.00328. The molecule has 30 heavy (non-hydrogen) atoms. The number of hydrogen-bond acceptors (Lipinski definition) is 5. The highest BCUT2D eigenvalue weighted by atomic mass is 16.7. The van der Waals surface area contributed by atoms with E-state index in [1.165, 1.54) is 5.56 Å². The Labute approximate surface area is 177 Å². The molecule has 1 aromatic carbocycles. The molecule has 1 saturated carbocycles. The molecular weight excluding hydrogens is 384 g/mol. The molecule has 162 valence electrons. The monoisotopic (exact) mass is 414 g/mol. The van der Waals surface area contributed by atoms with Gasteiger partial charge >= 0.3 is 6.03 Å². The lowest BCUT2D eigenvalue weighted by Gasteiger charge is -2.39. The van der Waals surface area contributed by atoms with E-state index in [9.17, 15) is 9.59 Å². The lowest BCUT2D eigenvalue weighted by molar-refractivity contribution is -0.138. The lowest BCUT2D eigenvalue weighted by Crippen LogP contribution is -2.53. The number of piperazine rings is 1. The number of ether oxygens (including phenoxy) is 2. The molecule has 1 unspecified atom stereocenters. The summed E-state index contributed by atoms with van der Waals surface area (Å²) in [5.74, 6) is 1.76. The number of fused-ring (bicyclic) bond motifs is 1. The molecule has 1 N–H and O–H groups in total. The molecule has 0 radical (unpaired) electrons. The molecule has 1 atom stereocenters. The van der Waals surface area contributed by atoms with Crippen molar-refractivity contribution in [2.24, 2.45) is 5.92 Å². The summed E-state index contributed by atoms with van der Waals surface area (Å²) in [5.41, 5.74) is 1.20. The lowest BCUT2D eigenvalue weighted by atomic mass is 9.96. The van der Waals surface area contributed by atoms with Crippen molar-refractivity contribution in [3.63, 3.8) is 0 Å². The quantitative estimate of drug-likeness (QED) is 0.811. The Hall–Kier alpha value is -2.48. The first-order valence-corrected chi connectivity index (χ1v) is 11.1. The zero-order chi connectivity index (χ0) is 20.5. The van der Waals surface area contributed by atoms with E-state index >= 15 is 0 Å². The maximum atomic E-state index is 13.1. The summed E-state index contributed by atoms with van der Waals surface area (Å²) in [5, 5.41) is 3.05. The van der Waals surface area contributed by atoms with Crippen molar-refractivity contribution in [1.82, 2.24) is 20.0 Å². The molecular formula is C22H30N4O4. The van der Waals surface area contributed by atoms with Crippen LogP contribution in [0, 0.1) is 5.92 Å². The van der Waals surface area contributed by atoms with Crippen molar-refractivity contribution >= 4 is 11.9 Å². The first kappa shape index (κ1) is 19.5. The highest BCUT2D eigenvalue weighted by Gasteiger charge is 2.34. The standard InChI is InChI=1S/C22H30N4O4/c27-21(17-2-1-7-26(14-17)22(28)23-18-4-5-18)25-10-8-24(9-11-25)13-16-3-6-19-20(12-16)30-15-29-19/h3,6,12,17-18H,1-2,4-5,7-11,13-15H2,(H,23,28). The smallest absolute Gasteiger partial charge is 0.317 e. The summed E-state index contributed by atoms with van der Waals surface area (Å²) >= 11 is 0. The fourth-order valence-electron chi connectivity index (χ4n) is 4.54. The molecule has 5 rings (SSSR count). The number of nitrogens with one attached hydrogen (secondary N) is 1. The van der Waals surface area contributed by atoms with Crippen LogP contribution < -0.4 is 14.8 Å². The number of urea groups is 1. The molecule has 4 aliphatic rings. The molecule has 1 aromatic rings.